The summed E-state index contributed by atoms with van der Waals surface area (Å²) in [7, 11) is 7.42. The van der Waals surface area contributed by atoms with Crippen molar-refractivity contribution in [3.05, 3.63) is 23.8 Å². The van der Waals surface area contributed by atoms with Gasteiger partial charge in [0.05, 0.1) is 20.3 Å². The molecule has 0 aromatic heterocycles. The minimum Gasteiger partial charge on any atom is -0.493 e. The van der Waals surface area contributed by atoms with E-state index in [1.54, 1.807) is 14.2 Å². The van der Waals surface area contributed by atoms with Crippen LogP contribution in [0.4, 0.5) is 0 Å². The lowest BCUT2D eigenvalue weighted by molar-refractivity contribution is 0.245. The van der Waals surface area contributed by atoms with Gasteiger partial charge in [-0.2, -0.15) is 0 Å². The first-order chi connectivity index (χ1) is 14.4. The zero-order chi connectivity index (χ0) is 22.5. The molecule has 0 aliphatic carbocycles. The molecule has 1 aromatic carbocycles. The zero-order valence-electron chi connectivity index (χ0n) is 19.9. The number of aliphatic imine (C=N–C) groups is 1. The van der Waals surface area contributed by atoms with Crippen molar-refractivity contribution >= 4 is 5.96 Å². The van der Waals surface area contributed by atoms with Gasteiger partial charge in [-0.05, 0) is 63.4 Å². The molecule has 172 valence electrons. The molecular formula is C23H42N4O3. The molecule has 7 heteroatoms. The fourth-order valence-corrected chi connectivity index (χ4v) is 3.55. The summed E-state index contributed by atoms with van der Waals surface area (Å²) in [6.45, 7) is 8.89. The lowest BCUT2D eigenvalue weighted by atomic mass is 9.94. The van der Waals surface area contributed by atoms with E-state index in [4.69, 9.17) is 14.5 Å². The molecule has 30 heavy (non-hydrogen) atoms. The molecule has 7 nitrogen and oxygen atoms in total. The number of aliphatic hydroxyl groups is 1. The second-order valence-electron chi connectivity index (χ2n) is 8.20. The molecule has 3 N–H and O–H groups in total. The van der Waals surface area contributed by atoms with E-state index >= 15 is 0 Å². The summed E-state index contributed by atoms with van der Waals surface area (Å²) in [4.78, 5) is 6.96. The minimum atomic E-state index is 0.137. The number of methoxy groups -OCH3 is 2. The van der Waals surface area contributed by atoms with Gasteiger partial charge in [0, 0.05) is 26.2 Å². The Morgan fingerprint density at radius 1 is 1.13 bits per heavy atom. The summed E-state index contributed by atoms with van der Waals surface area (Å²) >= 11 is 0. The van der Waals surface area contributed by atoms with Gasteiger partial charge < -0.3 is 30.1 Å². The first-order valence-electron chi connectivity index (χ1n) is 10.9. The normalized spacial score (nSPS) is 14.0. The molecule has 0 saturated carbocycles. The lowest BCUT2D eigenvalue weighted by Gasteiger charge is -2.27. The van der Waals surface area contributed by atoms with Crippen molar-refractivity contribution in [3.8, 4) is 11.5 Å². The Morgan fingerprint density at radius 2 is 1.83 bits per heavy atom. The first-order valence-corrected chi connectivity index (χ1v) is 10.9. The van der Waals surface area contributed by atoms with Crippen LogP contribution in [0.15, 0.2) is 23.2 Å². The lowest BCUT2D eigenvalue weighted by Crippen LogP contribution is -2.42. The second kappa shape index (κ2) is 14.1. The van der Waals surface area contributed by atoms with E-state index in [0.717, 1.165) is 42.4 Å². The van der Waals surface area contributed by atoms with Gasteiger partial charge >= 0.3 is 0 Å². The zero-order valence-corrected chi connectivity index (χ0v) is 19.9. The predicted octanol–water partition coefficient (Wildman–Crippen LogP) is 2.91. The van der Waals surface area contributed by atoms with Crippen LogP contribution in [-0.4, -0.2) is 70.5 Å². The van der Waals surface area contributed by atoms with Gasteiger partial charge in [-0.1, -0.05) is 19.9 Å². The summed E-state index contributed by atoms with van der Waals surface area (Å²) in [5, 5.41) is 16.2. The highest BCUT2D eigenvalue weighted by Gasteiger charge is 2.17. The molecule has 2 atom stereocenters. The number of benzene rings is 1. The number of likely N-dealkylation sites (N-methyl/N-ethyl adjacent to an activating group) is 1. The van der Waals surface area contributed by atoms with Crippen molar-refractivity contribution in [3.63, 3.8) is 0 Å². The molecule has 0 amide bonds. The van der Waals surface area contributed by atoms with Crippen LogP contribution in [-0.2, 0) is 0 Å². The smallest absolute Gasteiger partial charge is 0.191 e. The Hall–Kier alpha value is -1.99. The molecule has 1 rings (SSSR count). The Labute approximate surface area is 182 Å². The highest BCUT2D eigenvalue weighted by Crippen LogP contribution is 2.31. The standard InChI is InChI=1S/C23H42N4O3/c1-8-24-23(25-15-18(11-12-28)13-17(2)3)26-16-20(27(4)5)19-9-10-21(29-6)22(14-19)30-7/h9-10,14,17-18,20,28H,8,11-13,15-16H2,1-7H3,(H2,24,25,26). The number of aliphatic hydroxyl groups excluding tert-OH is 1. The molecule has 0 saturated heterocycles. The molecule has 0 heterocycles. The third kappa shape index (κ3) is 8.79. The fourth-order valence-electron chi connectivity index (χ4n) is 3.55. The predicted molar refractivity (Wildman–Crippen MR) is 125 cm³/mol. The van der Waals surface area contributed by atoms with E-state index < -0.39 is 0 Å². The summed E-state index contributed by atoms with van der Waals surface area (Å²) < 4.78 is 10.8. The van der Waals surface area contributed by atoms with Gasteiger partial charge in [0.15, 0.2) is 17.5 Å². The van der Waals surface area contributed by atoms with Crippen LogP contribution in [0.5, 0.6) is 11.5 Å². The fraction of sp³-hybridized carbons (Fsp3) is 0.696. The van der Waals surface area contributed by atoms with Crippen LogP contribution in [0.3, 0.4) is 0 Å². The maximum absolute atomic E-state index is 9.36. The number of nitrogens with zero attached hydrogens (tertiary/aromatic N) is 2. The highest BCUT2D eigenvalue weighted by atomic mass is 16.5. The molecule has 0 radical (unpaired) electrons. The van der Waals surface area contributed by atoms with Crippen molar-refractivity contribution in [2.24, 2.45) is 16.8 Å². The third-order valence-electron chi connectivity index (χ3n) is 5.07. The maximum Gasteiger partial charge on any atom is 0.191 e. The molecule has 0 fully saturated rings. The van der Waals surface area contributed by atoms with Gasteiger partial charge in [-0.3, -0.25) is 4.99 Å². The van der Waals surface area contributed by atoms with E-state index in [2.05, 4.69) is 56.5 Å². The monoisotopic (exact) mass is 422 g/mol. The van der Waals surface area contributed by atoms with E-state index in [9.17, 15) is 5.11 Å². The summed E-state index contributed by atoms with van der Waals surface area (Å²) in [5.41, 5.74) is 1.14. The van der Waals surface area contributed by atoms with Crippen molar-refractivity contribution in [1.29, 1.82) is 0 Å². The highest BCUT2D eigenvalue weighted by molar-refractivity contribution is 5.79. The van der Waals surface area contributed by atoms with Crippen LogP contribution in [0.1, 0.15) is 45.2 Å². The first kappa shape index (κ1) is 26.0. The van der Waals surface area contributed by atoms with Crippen molar-refractivity contribution < 1.29 is 14.6 Å². The topological polar surface area (TPSA) is 78.4 Å². The number of hydrogen-bond donors (Lipinski definition) is 3. The molecule has 0 spiro atoms. The van der Waals surface area contributed by atoms with E-state index in [-0.39, 0.29) is 12.6 Å². The number of ether oxygens (including phenoxy) is 2. The largest absolute Gasteiger partial charge is 0.493 e. The van der Waals surface area contributed by atoms with E-state index in [1.165, 1.54) is 0 Å². The van der Waals surface area contributed by atoms with Gasteiger partial charge in [-0.25, -0.2) is 0 Å². The van der Waals surface area contributed by atoms with Crippen molar-refractivity contribution in [2.45, 2.75) is 39.7 Å². The van der Waals surface area contributed by atoms with E-state index in [0.29, 0.717) is 24.9 Å². The van der Waals surface area contributed by atoms with Gasteiger partial charge in [-0.15, -0.1) is 0 Å². The van der Waals surface area contributed by atoms with Gasteiger partial charge in [0.2, 0.25) is 0 Å². The number of rotatable bonds is 13. The number of hydrogen-bond acceptors (Lipinski definition) is 5. The van der Waals surface area contributed by atoms with Crippen LogP contribution in [0, 0.1) is 11.8 Å². The average Bonchev–Trinajstić information content (AvgIpc) is 2.71. The SMILES string of the molecule is CCNC(=NCC(CCO)CC(C)C)NCC(c1ccc(OC)c(OC)c1)N(C)C. The Morgan fingerprint density at radius 3 is 2.37 bits per heavy atom. The molecule has 2 unspecified atom stereocenters. The third-order valence-corrected chi connectivity index (χ3v) is 5.07. The number of nitrogens with one attached hydrogen (secondary N) is 2. The van der Waals surface area contributed by atoms with E-state index in [1.807, 2.05) is 12.1 Å². The Bertz CT molecular complexity index is 635. The molecular weight excluding hydrogens is 380 g/mol. The molecule has 0 bridgehead atoms. The average molecular weight is 423 g/mol. The van der Waals surface area contributed by atoms with Crippen LogP contribution < -0.4 is 20.1 Å². The Kier molecular flexibility index (Phi) is 12.2. The Balaban J connectivity index is 2.91. The van der Waals surface area contributed by atoms with Crippen LogP contribution in [0.25, 0.3) is 0 Å². The van der Waals surface area contributed by atoms with Gasteiger partial charge in [0.1, 0.15) is 0 Å². The molecule has 0 aliphatic rings. The maximum atomic E-state index is 9.36. The summed E-state index contributed by atoms with van der Waals surface area (Å²) in [5.74, 6) is 3.23. The second-order valence-corrected chi connectivity index (χ2v) is 8.20. The van der Waals surface area contributed by atoms with Crippen LogP contribution >= 0.6 is 0 Å². The van der Waals surface area contributed by atoms with Gasteiger partial charge in [0.25, 0.3) is 0 Å². The van der Waals surface area contributed by atoms with Crippen LogP contribution in [0.2, 0.25) is 0 Å². The minimum absolute atomic E-state index is 0.137. The summed E-state index contributed by atoms with van der Waals surface area (Å²) in [6, 6.07) is 6.17. The molecule has 1 aromatic rings. The van der Waals surface area contributed by atoms with Crippen molar-refractivity contribution in [2.75, 3.05) is 54.6 Å². The number of guanidine groups is 1. The summed E-state index contributed by atoms with van der Waals surface area (Å²) in [6.07, 6.45) is 1.85. The van der Waals surface area contributed by atoms with Crippen molar-refractivity contribution in [1.82, 2.24) is 15.5 Å². The quantitative estimate of drug-likeness (QED) is 0.335. The molecule has 0 aliphatic heterocycles.